The Morgan fingerprint density at radius 1 is 1.06 bits per heavy atom. The van der Waals surface area contributed by atoms with Crippen LogP contribution in [0.15, 0.2) is 53.0 Å². The molecule has 0 aliphatic carbocycles. The topological polar surface area (TPSA) is 17.8 Å². The summed E-state index contributed by atoms with van der Waals surface area (Å²) in [6.45, 7) is 2.03. The van der Waals surface area contributed by atoms with Gasteiger partial charge in [-0.15, -0.1) is 0 Å². The van der Waals surface area contributed by atoms with Gasteiger partial charge in [-0.3, -0.25) is 4.57 Å². The third-order valence-electron chi connectivity index (χ3n) is 2.80. The fourth-order valence-corrected chi connectivity index (χ4v) is 2.43. The van der Waals surface area contributed by atoms with E-state index in [0.29, 0.717) is 0 Å². The number of rotatable bonds is 1. The number of fused-ring (bicyclic) bond motifs is 1. The van der Waals surface area contributed by atoms with Gasteiger partial charge >= 0.3 is 0 Å². The van der Waals surface area contributed by atoms with Crippen molar-refractivity contribution in [2.75, 3.05) is 0 Å². The lowest BCUT2D eigenvalue weighted by Gasteiger charge is -2.06. The number of imidazole rings is 1. The van der Waals surface area contributed by atoms with Crippen LogP contribution in [0, 0.1) is 6.92 Å². The highest BCUT2D eigenvalue weighted by atomic mass is 79.9. The molecule has 0 aliphatic rings. The molecule has 2 aromatic carbocycles. The first kappa shape index (κ1) is 10.5. The average Bonchev–Trinajstić information content (AvgIpc) is 2.65. The average molecular weight is 287 g/mol. The summed E-state index contributed by atoms with van der Waals surface area (Å²) in [5.74, 6) is 1.00. The molecule has 3 aromatic rings. The van der Waals surface area contributed by atoms with Gasteiger partial charge in [0.25, 0.3) is 0 Å². The van der Waals surface area contributed by atoms with E-state index in [1.165, 1.54) is 0 Å². The summed E-state index contributed by atoms with van der Waals surface area (Å²) in [7, 11) is 0. The Balaban J connectivity index is 2.33. The second kappa shape index (κ2) is 4.00. The van der Waals surface area contributed by atoms with E-state index in [0.717, 1.165) is 27.0 Å². The van der Waals surface area contributed by atoms with Crippen LogP contribution in [0.1, 0.15) is 5.82 Å². The van der Waals surface area contributed by atoms with E-state index in [9.17, 15) is 0 Å². The molecule has 2 nitrogen and oxygen atoms in total. The van der Waals surface area contributed by atoms with Crippen molar-refractivity contribution >= 4 is 27.0 Å². The van der Waals surface area contributed by atoms with Gasteiger partial charge in [-0.1, -0.05) is 34.1 Å². The van der Waals surface area contributed by atoms with Crippen molar-refractivity contribution in [1.82, 2.24) is 9.55 Å². The van der Waals surface area contributed by atoms with Crippen molar-refractivity contribution in [3.63, 3.8) is 0 Å². The van der Waals surface area contributed by atoms with E-state index in [4.69, 9.17) is 0 Å². The zero-order valence-electron chi connectivity index (χ0n) is 9.39. The lowest BCUT2D eigenvalue weighted by molar-refractivity contribution is 1.00. The number of aromatic nitrogens is 2. The maximum atomic E-state index is 4.58. The lowest BCUT2D eigenvalue weighted by Crippen LogP contribution is -1.95. The Kier molecular flexibility index (Phi) is 2.48. The molecule has 1 aromatic heterocycles. The van der Waals surface area contributed by atoms with Crippen LogP contribution < -0.4 is 0 Å². The molecule has 0 aliphatic heterocycles. The number of aryl methyl sites for hydroxylation is 1. The van der Waals surface area contributed by atoms with Crippen molar-refractivity contribution in [1.29, 1.82) is 0 Å². The van der Waals surface area contributed by atoms with E-state index in [-0.39, 0.29) is 0 Å². The molecule has 84 valence electrons. The van der Waals surface area contributed by atoms with Crippen molar-refractivity contribution in [2.24, 2.45) is 0 Å². The normalized spacial score (nSPS) is 10.9. The van der Waals surface area contributed by atoms with Crippen molar-refractivity contribution < 1.29 is 0 Å². The fraction of sp³-hybridized carbons (Fsp3) is 0.0714. The van der Waals surface area contributed by atoms with Gasteiger partial charge in [-0.05, 0) is 37.3 Å². The Morgan fingerprint density at radius 2 is 1.82 bits per heavy atom. The number of para-hydroxylation sites is 1. The molecule has 0 radical (unpaired) electrons. The third-order valence-corrected chi connectivity index (χ3v) is 3.29. The van der Waals surface area contributed by atoms with Crippen molar-refractivity contribution in [3.8, 4) is 5.69 Å². The minimum Gasteiger partial charge on any atom is -0.297 e. The monoisotopic (exact) mass is 286 g/mol. The van der Waals surface area contributed by atoms with Crippen LogP contribution in [0.3, 0.4) is 0 Å². The fourth-order valence-electron chi connectivity index (χ4n) is 2.08. The molecule has 3 rings (SSSR count). The summed E-state index contributed by atoms with van der Waals surface area (Å²) < 4.78 is 3.23. The largest absolute Gasteiger partial charge is 0.297 e. The maximum absolute atomic E-state index is 4.58. The highest BCUT2D eigenvalue weighted by Crippen LogP contribution is 2.23. The van der Waals surface area contributed by atoms with Crippen LogP contribution in [0.2, 0.25) is 0 Å². The molecule has 17 heavy (non-hydrogen) atoms. The molecule has 0 fully saturated rings. The summed E-state index contributed by atoms with van der Waals surface area (Å²) in [6, 6.07) is 16.5. The third kappa shape index (κ3) is 1.76. The van der Waals surface area contributed by atoms with E-state index in [2.05, 4.69) is 43.7 Å². The highest BCUT2D eigenvalue weighted by molar-refractivity contribution is 9.10. The second-order valence-corrected chi connectivity index (χ2v) is 4.88. The standard InChI is InChI=1S/C14H11BrN2/c1-10-16-13-9-11(15)7-8-14(13)17(10)12-5-3-2-4-6-12/h2-9H,1H3. The molecule has 1 heterocycles. The van der Waals surface area contributed by atoms with Gasteiger partial charge in [0.2, 0.25) is 0 Å². The van der Waals surface area contributed by atoms with Crippen LogP contribution in [0.4, 0.5) is 0 Å². The van der Waals surface area contributed by atoms with E-state index in [1.807, 2.05) is 37.3 Å². The zero-order chi connectivity index (χ0) is 11.8. The van der Waals surface area contributed by atoms with Gasteiger partial charge in [0.15, 0.2) is 0 Å². The van der Waals surface area contributed by atoms with Crippen LogP contribution >= 0.6 is 15.9 Å². The molecule has 0 bridgehead atoms. The van der Waals surface area contributed by atoms with E-state index in [1.54, 1.807) is 0 Å². The summed E-state index contributed by atoms with van der Waals surface area (Å²) in [5, 5.41) is 0. The molecule has 0 saturated heterocycles. The molecular formula is C14H11BrN2. The number of halogens is 1. The highest BCUT2D eigenvalue weighted by Gasteiger charge is 2.08. The molecular weight excluding hydrogens is 276 g/mol. The SMILES string of the molecule is Cc1nc2cc(Br)ccc2n1-c1ccccc1. The Hall–Kier alpha value is -1.61. The quantitative estimate of drug-likeness (QED) is 0.659. The minimum absolute atomic E-state index is 1.00. The van der Waals surface area contributed by atoms with Gasteiger partial charge in [0.1, 0.15) is 5.82 Å². The Bertz CT molecular complexity index is 671. The van der Waals surface area contributed by atoms with Gasteiger partial charge in [-0.25, -0.2) is 4.98 Å². The second-order valence-electron chi connectivity index (χ2n) is 3.96. The predicted molar refractivity (Wildman–Crippen MR) is 73.5 cm³/mol. The molecule has 0 unspecified atom stereocenters. The maximum Gasteiger partial charge on any atom is 0.111 e. The summed E-state index contributed by atoms with van der Waals surface area (Å²) in [4.78, 5) is 4.58. The minimum atomic E-state index is 1.00. The lowest BCUT2D eigenvalue weighted by atomic mass is 10.3. The van der Waals surface area contributed by atoms with Crippen LogP contribution in [-0.4, -0.2) is 9.55 Å². The molecule has 0 atom stereocenters. The number of hydrogen-bond donors (Lipinski definition) is 0. The first-order chi connectivity index (χ1) is 8.25. The summed E-state index contributed by atoms with van der Waals surface area (Å²) >= 11 is 3.47. The first-order valence-corrected chi connectivity index (χ1v) is 6.25. The predicted octanol–water partition coefficient (Wildman–Crippen LogP) is 4.10. The number of nitrogens with zero attached hydrogens (tertiary/aromatic N) is 2. The van der Waals surface area contributed by atoms with Gasteiger partial charge in [-0.2, -0.15) is 0 Å². The van der Waals surface area contributed by atoms with Gasteiger partial charge < -0.3 is 0 Å². The molecule has 0 spiro atoms. The van der Waals surface area contributed by atoms with Crippen molar-refractivity contribution in [2.45, 2.75) is 6.92 Å². The van der Waals surface area contributed by atoms with E-state index < -0.39 is 0 Å². The van der Waals surface area contributed by atoms with Crippen LogP contribution in [-0.2, 0) is 0 Å². The van der Waals surface area contributed by atoms with Gasteiger partial charge in [0, 0.05) is 10.2 Å². The zero-order valence-corrected chi connectivity index (χ0v) is 11.0. The summed E-state index contributed by atoms with van der Waals surface area (Å²) in [6.07, 6.45) is 0. The smallest absolute Gasteiger partial charge is 0.111 e. The molecule has 3 heteroatoms. The molecule has 0 saturated carbocycles. The summed E-state index contributed by atoms with van der Waals surface area (Å²) in [5.41, 5.74) is 3.30. The first-order valence-electron chi connectivity index (χ1n) is 5.46. The van der Waals surface area contributed by atoms with Crippen LogP contribution in [0.5, 0.6) is 0 Å². The Labute approximate surface area is 108 Å². The van der Waals surface area contributed by atoms with E-state index >= 15 is 0 Å². The van der Waals surface area contributed by atoms with Crippen LogP contribution in [0.25, 0.3) is 16.7 Å². The van der Waals surface area contributed by atoms with Gasteiger partial charge in [0.05, 0.1) is 11.0 Å². The van der Waals surface area contributed by atoms with Crippen molar-refractivity contribution in [3.05, 3.63) is 58.8 Å². The number of benzene rings is 2. The Morgan fingerprint density at radius 3 is 2.59 bits per heavy atom. The molecule has 0 amide bonds. The molecule has 0 N–H and O–H groups in total. The number of hydrogen-bond acceptors (Lipinski definition) is 1.